The molecule has 0 fully saturated rings. The van der Waals surface area contributed by atoms with Crippen LogP contribution in [0, 0.1) is 6.92 Å². The van der Waals surface area contributed by atoms with Crippen LogP contribution in [0.15, 0.2) is 12.4 Å². The van der Waals surface area contributed by atoms with Gasteiger partial charge < -0.3 is 0 Å². The largest absolute Gasteiger partial charge is 0.212 e. The van der Waals surface area contributed by atoms with Crippen LogP contribution in [0.5, 0.6) is 0 Å². The fourth-order valence-corrected chi connectivity index (χ4v) is 0.192. The summed E-state index contributed by atoms with van der Waals surface area (Å²) in [4.78, 5) is 0. The summed E-state index contributed by atoms with van der Waals surface area (Å²) in [5, 5.41) is 0. The van der Waals surface area contributed by atoms with E-state index in [9.17, 15) is 4.39 Å². The summed E-state index contributed by atoms with van der Waals surface area (Å²) in [6.07, 6.45) is 1.01. The van der Waals surface area contributed by atoms with Gasteiger partial charge in [0.15, 0.2) is 0 Å². The third kappa shape index (κ3) is 3.67. The Morgan fingerprint density at radius 1 is 1.67 bits per heavy atom. The second-order valence-electron chi connectivity index (χ2n) is 1.12. The lowest BCUT2D eigenvalue weighted by atomic mass is 10.3. The summed E-state index contributed by atoms with van der Waals surface area (Å²) < 4.78 is 11.5. The van der Waals surface area contributed by atoms with Crippen LogP contribution < -0.4 is 0 Å². The second kappa shape index (κ2) is 2.88. The van der Waals surface area contributed by atoms with Crippen molar-refractivity contribution in [1.82, 2.24) is 0 Å². The van der Waals surface area contributed by atoms with Crippen molar-refractivity contribution < 1.29 is 4.39 Å². The van der Waals surface area contributed by atoms with E-state index < -0.39 is 0 Å². The summed E-state index contributed by atoms with van der Waals surface area (Å²) in [5.74, 6) is -0.273. The van der Waals surface area contributed by atoms with Crippen molar-refractivity contribution in [2.45, 2.75) is 12.8 Å². The second-order valence-corrected chi connectivity index (χ2v) is 1.12. The lowest BCUT2D eigenvalue weighted by Crippen LogP contribution is -1.64. The van der Waals surface area contributed by atoms with Gasteiger partial charge >= 0.3 is 0 Å². The molecule has 0 atom stereocenters. The highest BCUT2D eigenvalue weighted by Crippen LogP contribution is 1.99. The number of hydrogen-bond acceptors (Lipinski definition) is 0. The zero-order valence-electron chi connectivity index (χ0n) is 3.71. The average molecular weight is 87.1 g/mol. The van der Waals surface area contributed by atoms with Gasteiger partial charge in [0.2, 0.25) is 0 Å². The molecular weight excluding hydrogens is 79.1 g/mol. The van der Waals surface area contributed by atoms with Crippen molar-refractivity contribution in [2.75, 3.05) is 0 Å². The van der Waals surface area contributed by atoms with Gasteiger partial charge in [0.1, 0.15) is 0 Å². The van der Waals surface area contributed by atoms with Crippen molar-refractivity contribution in [3.05, 3.63) is 19.3 Å². The van der Waals surface area contributed by atoms with Crippen LogP contribution in [-0.4, -0.2) is 0 Å². The third-order valence-corrected chi connectivity index (χ3v) is 0.448. The molecule has 0 nitrogen and oxygen atoms in total. The highest BCUT2D eigenvalue weighted by atomic mass is 19.1. The molecule has 0 spiro atoms. The first-order valence-corrected chi connectivity index (χ1v) is 1.90. The van der Waals surface area contributed by atoms with E-state index in [-0.39, 0.29) is 5.83 Å². The van der Waals surface area contributed by atoms with Crippen LogP contribution in [-0.2, 0) is 0 Å². The van der Waals surface area contributed by atoms with Crippen molar-refractivity contribution in [3.8, 4) is 0 Å². The predicted octanol–water partition coefficient (Wildman–Crippen LogP) is 2.08. The molecule has 0 aromatic carbocycles. The third-order valence-electron chi connectivity index (χ3n) is 0.448. The Kier molecular flexibility index (Phi) is 2.73. The molecule has 0 heterocycles. The fourth-order valence-electron chi connectivity index (χ4n) is 0.192. The molecule has 0 aliphatic rings. The van der Waals surface area contributed by atoms with Gasteiger partial charge in [-0.1, -0.05) is 13.5 Å². The lowest BCUT2D eigenvalue weighted by molar-refractivity contribution is 0.596. The molecule has 0 aromatic rings. The minimum absolute atomic E-state index is 0.273. The van der Waals surface area contributed by atoms with Gasteiger partial charge in [-0.25, -0.2) is 4.39 Å². The Hall–Kier alpha value is -0.330. The van der Waals surface area contributed by atoms with Gasteiger partial charge in [-0.3, -0.25) is 0 Å². The Morgan fingerprint density at radius 2 is 2.17 bits per heavy atom. The van der Waals surface area contributed by atoms with Gasteiger partial charge in [0.25, 0.3) is 0 Å². The normalized spacial score (nSPS) is 8.33. The maximum absolute atomic E-state index is 11.5. The molecule has 0 unspecified atom stereocenters. The summed E-state index contributed by atoms with van der Waals surface area (Å²) in [6, 6.07) is 0. The molecule has 0 aliphatic carbocycles. The maximum atomic E-state index is 11.5. The minimum Gasteiger partial charge on any atom is -0.212 e. The molecule has 1 radical (unpaired) electrons. The Balaban J connectivity index is 2.83. The first kappa shape index (κ1) is 5.67. The molecule has 0 bridgehead atoms. The van der Waals surface area contributed by atoms with E-state index >= 15 is 0 Å². The first-order valence-electron chi connectivity index (χ1n) is 1.90. The van der Waals surface area contributed by atoms with Crippen molar-refractivity contribution in [1.29, 1.82) is 0 Å². The number of rotatable bonds is 2. The van der Waals surface area contributed by atoms with E-state index in [1.165, 1.54) is 0 Å². The maximum Gasteiger partial charge on any atom is 0.0928 e. The number of hydrogen-bond donors (Lipinski definition) is 0. The van der Waals surface area contributed by atoms with Crippen LogP contribution in [0.3, 0.4) is 0 Å². The van der Waals surface area contributed by atoms with E-state index in [1.807, 2.05) is 0 Å². The van der Waals surface area contributed by atoms with Gasteiger partial charge in [-0.05, 0) is 12.8 Å². The van der Waals surface area contributed by atoms with Crippen LogP contribution in [0.4, 0.5) is 4.39 Å². The Bertz CT molecular complexity index is 47.9. The van der Waals surface area contributed by atoms with Crippen LogP contribution in [0.25, 0.3) is 0 Å². The minimum atomic E-state index is -0.273. The topological polar surface area (TPSA) is 0 Å². The standard InChI is InChI=1S/C5H8F/c1-3-4-5(2)6/h1-4H2. The van der Waals surface area contributed by atoms with Gasteiger partial charge in [0.05, 0.1) is 5.83 Å². The quantitative estimate of drug-likeness (QED) is 0.483. The van der Waals surface area contributed by atoms with Crippen molar-refractivity contribution >= 4 is 0 Å². The zero-order chi connectivity index (χ0) is 4.99. The van der Waals surface area contributed by atoms with E-state index in [0.29, 0.717) is 12.8 Å². The van der Waals surface area contributed by atoms with E-state index in [4.69, 9.17) is 0 Å². The molecule has 0 saturated heterocycles. The van der Waals surface area contributed by atoms with Crippen molar-refractivity contribution in [3.63, 3.8) is 0 Å². The molecule has 6 heavy (non-hydrogen) atoms. The molecule has 0 aromatic heterocycles. The summed E-state index contributed by atoms with van der Waals surface area (Å²) in [7, 11) is 0. The smallest absolute Gasteiger partial charge is 0.0928 e. The van der Waals surface area contributed by atoms with Crippen LogP contribution in [0.2, 0.25) is 0 Å². The number of halogens is 1. The lowest BCUT2D eigenvalue weighted by Gasteiger charge is -1.82. The molecule has 1 heteroatoms. The molecule has 0 aliphatic heterocycles. The highest BCUT2D eigenvalue weighted by molar-refractivity contribution is 4.78. The summed E-state index contributed by atoms with van der Waals surface area (Å²) >= 11 is 0. The molecule has 0 rings (SSSR count). The number of allylic oxidation sites excluding steroid dienone is 1. The molecule has 0 saturated carbocycles. The van der Waals surface area contributed by atoms with E-state index in [0.717, 1.165) is 0 Å². The Labute approximate surface area is 37.7 Å². The van der Waals surface area contributed by atoms with Crippen molar-refractivity contribution in [2.24, 2.45) is 0 Å². The predicted molar refractivity (Wildman–Crippen MR) is 24.8 cm³/mol. The van der Waals surface area contributed by atoms with E-state index in [1.54, 1.807) is 0 Å². The summed E-state index contributed by atoms with van der Waals surface area (Å²) in [6.45, 7) is 6.46. The SMILES string of the molecule is [CH2]CCC(=C)F. The molecule has 35 valence electrons. The van der Waals surface area contributed by atoms with Gasteiger partial charge in [0, 0.05) is 0 Å². The Morgan fingerprint density at radius 3 is 2.17 bits per heavy atom. The molecule has 0 amide bonds. The first-order chi connectivity index (χ1) is 2.77. The monoisotopic (exact) mass is 87.1 g/mol. The van der Waals surface area contributed by atoms with Gasteiger partial charge in [-0.2, -0.15) is 0 Å². The highest BCUT2D eigenvalue weighted by Gasteiger charge is 1.81. The zero-order valence-corrected chi connectivity index (χ0v) is 3.71. The summed E-state index contributed by atoms with van der Waals surface area (Å²) in [5.41, 5.74) is 0. The average Bonchev–Trinajstić information content (AvgIpc) is 1.35. The van der Waals surface area contributed by atoms with Crippen LogP contribution >= 0.6 is 0 Å². The fraction of sp³-hybridized carbons (Fsp3) is 0.400. The molecular formula is C5H8F. The van der Waals surface area contributed by atoms with Gasteiger partial charge in [-0.15, -0.1) is 0 Å². The molecule has 0 N–H and O–H groups in total. The van der Waals surface area contributed by atoms with E-state index in [2.05, 4.69) is 13.5 Å². The van der Waals surface area contributed by atoms with Crippen LogP contribution in [0.1, 0.15) is 12.8 Å².